The van der Waals surface area contributed by atoms with E-state index in [-0.39, 0.29) is 5.82 Å². The minimum absolute atomic E-state index is 0.269. The van der Waals surface area contributed by atoms with E-state index in [1.54, 1.807) is 6.07 Å². The summed E-state index contributed by atoms with van der Waals surface area (Å²) in [6.07, 6.45) is 0.750. The van der Waals surface area contributed by atoms with Crippen LogP contribution in [0.3, 0.4) is 0 Å². The molecule has 2 aromatic rings. The molecular formula is C16H16Br2FNO. The molecule has 0 saturated carbocycles. The molecule has 0 unspecified atom stereocenters. The Hall–Kier alpha value is -0.910. The molecule has 0 spiro atoms. The second-order valence-electron chi connectivity index (χ2n) is 4.77. The minimum atomic E-state index is -0.269. The van der Waals surface area contributed by atoms with Crippen molar-refractivity contribution >= 4 is 31.9 Å². The molecule has 0 heterocycles. The van der Waals surface area contributed by atoms with Crippen LogP contribution in [0.15, 0.2) is 39.3 Å². The van der Waals surface area contributed by atoms with Crippen LogP contribution in [0.25, 0.3) is 0 Å². The highest BCUT2D eigenvalue weighted by Gasteiger charge is 2.10. The summed E-state index contributed by atoms with van der Waals surface area (Å²) in [7, 11) is 0. The molecule has 0 bridgehead atoms. The zero-order chi connectivity index (χ0) is 15.4. The molecule has 0 aromatic heterocycles. The van der Waals surface area contributed by atoms with Crippen molar-refractivity contribution in [1.29, 1.82) is 0 Å². The fourth-order valence-corrected chi connectivity index (χ4v) is 3.22. The summed E-state index contributed by atoms with van der Waals surface area (Å²) in [5, 5.41) is 0. The maximum atomic E-state index is 13.1. The number of hydrogen-bond donors (Lipinski definition) is 1. The van der Waals surface area contributed by atoms with Crippen molar-refractivity contribution in [3.8, 4) is 5.75 Å². The molecule has 0 aliphatic heterocycles. The molecule has 2 rings (SSSR count). The van der Waals surface area contributed by atoms with Gasteiger partial charge >= 0.3 is 0 Å². The molecule has 2 aromatic carbocycles. The van der Waals surface area contributed by atoms with E-state index in [0.717, 1.165) is 33.3 Å². The van der Waals surface area contributed by atoms with Crippen LogP contribution in [0.2, 0.25) is 0 Å². The van der Waals surface area contributed by atoms with E-state index in [0.29, 0.717) is 17.6 Å². The van der Waals surface area contributed by atoms with E-state index in [9.17, 15) is 4.39 Å². The van der Waals surface area contributed by atoms with Gasteiger partial charge in [0.05, 0.1) is 0 Å². The van der Waals surface area contributed by atoms with Gasteiger partial charge in [-0.05, 0) is 55.3 Å². The summed E-state index contributed by atoms with van der Waals surface area (Å²) in [5.41, 5.74) is 8.68. The first kappa shape index (κ1) is 16.5. The Balaban J connectivity index is 2.23. The molecule has 5 heteroatoms. The first-order valence-electron chi connectivity index (χ1n) is 6.57. The van der Waals surface area contributed by atoms with Crippen molar-refractivity contribution in [3.63, 3.8) is 0 Å². The van der Waals surface area contributed by atoms with Gasteiger partial charge < -0.3 is 10.5 Å². The highest BCUT2D eigenvalue weighted by atomic mass is 79.9. The van der Waals surface area contributed by atoms with E-state index in [2.05, 4.69) is 31.9 Å². The van der Waals surface area contributed by atoms with Crippen molar-refractivity contribution in [2.75, 3.05) is 6.54 Å². The molecule has 112 valence electrons. The molecule has 0 atom stereocenters. The van der Waals surface area contributed by atoms with E-state index in [4.69, 9.17) is 10.5 Å². The Labute approximate surface area is 140 Å². The smallest absolute Gasteiger partial charge is 0.126 e. The lowest BCUT2D eigenvalue weighted by Gasteiger charge is -2.15. The quantitative estimate of drug-likeness (QED) is 0.763. The fourth-order valence-electron chi connectivity index (χ4n) is 2.14. The van der Waals surface area contributed by atoms with Crippen LogP contribution in [-0.4, -0.2) is 6.54 Å². The average molecular weight is 417 g/mol. The summed E-state index contributed by atoms with van der Waals surface area (Å²) in [6.45, 7) is 2.94. The highest BCUT2D eigenvalue weighted by Crippen LogP contribution is 2.30. The van der Waals surface area contributed by atoms with Gasteiger partial charge in [-0.2, -0.15) is 0 Å². The van der Waals surface area contributed by atoms with Gasteiger partial charge in [0.25, 0.3) is 0 Å². The summed E-state index contributed by atoms with van der Waals surface area (Å²) >= 11 is 6.84. The van der Waals surface area contributed by atoms with E-state index in [1.807, 2.05) is 19.1 Å². The third-order valence-corrected chi connectivity index (χ3v) is 4.31. The van der Waals surface area contributed by atoms with Crippen molar-refractivity contribution in [1.82, 2.24) is 0 Å². The molecule has 0 aliphatic carbocycles. The first-order valence-corrected chi connectivity index (χ1v) is 8.15. The molecule has 0 radical (unpaired) electrons. The second kappa shape index (κ2) is 7.38. The largest absolute Gasteiger partial charge is 0.488 e. The molecule has 0 aliphatic rings. The fraction of sp³-hybridized carbons (Fsp3) is 0.250. The summed E-state index contributed by atoms with van der Waals surface area (Å²) in [6, 6.07) is 8.62. The molecule has 0 saturated heterocycles. The van der Waals surface area contributed by atoms with Crippen LogP contribution in [0.5, 0.6) is 5.75 Å². The predicted octanol–water partition coefficient (Wildman–Crippen LogP) is 4.74. The van der Waals surface area contributed by atoms with Crippen molar-refractivity contribution in [2.24, 2.45) is 5.73 Å². The topological polar surface area (TPSA) is 35.2 Å². The number of benzene rings is 2. The number of nitrogens with two attached hydrogens (primary N) is 1. The van der Waals surface area contributed by atoms with Gasteiger partial charge in [0, 0.05) is 14.5 Å². The molecule has 2 nitrogen and oxygen atoms in total. The minimum Gasteiger partial charge on any atom is -0.488 e. The number of hydrogen-bond acceptors (Lipinski definition) is 2. The van der Waals surface area contributed by atoms with Crippen LogP contribution >= 0.6 is 31.9 Å². The third-order valence-electron chi connectivity index (χ3n) is 3.12. The maximum absolute atomic E-state index is 13.1. The Morgan fingerprint density at radius 2 is 1.90 bits per heavy atom. The predicted molar refractivity (Wildman–Crippen MR) is 90.1 cm³/mol. The van der Waals surface area contributed by atoms with Crippen LogP contribution < -0.4 is 10.5 Å². The zero-order valence-electron chi connectivity index (χ0n) is 11.6. The summed E-state index contributed by atoms with van der Waals surface area (Å²) in [4.78, 5) is 0. The Kier molecular flexibility index (Phi) is 5.79. The van der Waals surface area contributed by atoms with Crippen LogP contribution in [0, 0.1) is 12.7 Å². The lowest BCUT2D eigenvalue weighted by Crippen LogP contribution is -2.07. The van der Waals surface area contributed by atoms with Crippen molar-refractivity contribution in [2.45, 2.75) is 20.0 Å². The molecule has 21 heavy (non-hydrogen) atoms. The third kappa shape index (κ3) is 4.28. The summed E-state index contributed by atoms with van der Waals surface area (Å²) < 4.78 is 20.8. The van der Waals surface area contributed by atoms with E-state index >= 15 is 0 Å². The number of rotatable bonds is 5. The molecule has 0 fully saturated rings. The molecule has 0 amide bonds. The second-order valence-corrected chi connectivity index (χ2v) is 6.54. The number of halogens is 3. The Morgan fingerprint density at radius 1 is 1.14 bits per heavy atom. The average Bonchev–Trinajstić information content (AvgIpc) is 2.40. The molecule has 2 N–H and O–H groups in total. The first-order chi connectivity index (χ1) is 10.0. The summed E-state index contributed by atoms with van der Waals surface area (Å²) in [5.74, 6) is 0.578. The van der Waals surface area contributed by atoms with Crippen molar-refractivity contribution in [3.05, 3.63) is 61.8 Å². The zero-order valence-corrected chi connectivity index (χ0v) is 14.8. The normalized spacial score (nSPS) is 10.7. The van der Waals surface area contributed by atoms with Gasteiger partial charge in [-0.25, -0.2) is 4.39 Å². The highest BCUT2D eigenvalue weighted by molar-refractivity contribution is 9.10. The number of ether oxygens (including phenoxy) is 1. The Bertz CT molecular complexity index is 646. The monoisotopic (exact) mass is 415 g/mol. The lowest BCUT2D eigenvalue weighted by atomic mass is 10.1. The van der Waals surface area contributed by atoms with Crippen LogP contribution in [0.4, 0.5) is 4.39 Å². The van der Waals surface area contributed by atoms with Crippen LogP contribution in [-0.2, 0) is 13.0 Å². The van der Waals surface area contributed by atoms with E-state index < -0.39 is 0 Å². The standard InChI is InChI=1S/C16H16Br2FNO/c1-10-6-13(17)7-11(4-5-20)16(10)21-9-12-2-3-14(19)8-15(12)18/h2-3,6-8H,4-5,9,20H2,1H3. The van der Waals surface area contributed by atoms with Gasteiger partial charge in [-0.1, -0.05) is 37.9 Å². The van der Waals surface area contributed by atoms with Gasteiger partial charge in [0.15, 0.2) is 0 Å². The van der Waals surface area contributed by atoms with Gasteiger partial charge in [0.2, 0.25) is 0 Å². The van der Waals surface area contributed by atoms with Crippen LogP contribution in [0.1, 0.15) is 16.7 Å². The Morgan fingerprint density at radius 3 is 2.57 bits per heavy atom. The molecular weight excluding hydrogens is 401 g/mol. The SMILES string of the molecule is Cc1cc(Br)cc(CCN)c1OCc1ccc(F)cc1Br. The maximum Gasteiger partial charge on any atom is 0.126 e. The van der Waals surface area contributed by atoms with Crippen molar-refractivity contribution < 1.29 is 9.13 Å². The van der Waals surface area contributed by atoms with E-state index in [1.165, 1.54) is 12.1 Å². The lowest BCUT2D eigenvalue weighted by molar-refractivity contribution is 0.300. The van der Waals surface area contributed by atoms with Gasteiger partial charge in [0.1, 0.15) is 18.2 Å². The van der Waals surface area contributed by atoms with Gasteiger partial charge in [-0.15, -0.1) is 0 Å². The number of aryl methyl sites for hydroxylation is 1. The van der Waals surface area contributed by atoms with Gasteiger partial charge in [-0.3, -0.25) is 0 Å².